The van der Waals surface area contributed by atoms with E-state index >= 15 is 0 Å². The summed E-state index contributed by atoms with van der Waals surface area (Å²) in [5.41, 5.74) is 1.34. The predicted molar refractivity (Wildman–Crippen MR) is 61.0 cm³/mol. The third-order valence-corrected chi connectivity index (χ3v) is 3.01. The Kier molecular flexibility index (Phi) is 3.26. The van der Waals surface area contributed by atoms with Crippen molar-refractivity contribution in [1.82, 2.24) is 9.97 Å². The van der Waals surface area contributed by atoms with Gasteiger partial charge in [-0.15, -0.1) is 11.3 Å². The van der Waals surface area contributed by atoms with Gasteiger partial charge in [0.15, 0.2) is 6.17 Å². The fourth-order valence-corrected chi connectivity index (χ4v) is 2.21. The van der Waals surface area contributed by atoms with Crippen molar-refractivity contribution in [3.05, 3.63) is 47.3 Å². The molecule has 1 atom stereocenters. The number of aliphatic hydroxyl groups is 1. The fourth-order valence-electron chi connectivity index (χ4n) is 1.35. The summed E-state index contributed by atoms with van der Waals surface area (Å²) in [6.07, 6.45) is 5.20. The first-order chi connectivity index (χ1) is 7.83. The van der Waals surface area contributed by atoms with Crippen molar-refractivity contribution in [2.45, 2.75) is 6.17 Å². The Labute approximate surface area is 95.9 Å². The highest BCUT2D eigenvalue weighted by molar-refractivity contribution is 7.10. The zero-order valence-corrected chi connectivity index (χ0v) is 9.06. The van der Waals surface area contributed by atoms with E-state index in [0.717, 1.165) is 6.08 Å². The van der Waals surface area contributed by atoms with Crippen LogP contribution in [-0.4, -0.2) is 15.1 Å². The average Bonchev–Trinajstić information content (AvgIpc) is 2.79. The molecule has 0 saturated heterocycles. The molecule has 0 radical (unpaired) electrons. The largest absolute Gasteiger partial charge is 0.516 e. The first-order valence-electron chi connectivity index (χ1n) is 4.61. The van der Waals surface area contributed by atoms with E-state index in [9.17, 15) is 4.39 Å². The summed E-state index contributed by atoms with van der Waals surface area (Å²) in [6, 6.07) is 1.79. The Bertz CT molecular complexity index is 484. The smallest absolute Gasteiger partial charge is 0.156 e. The quantitative estimate of drug-likeness (QED) is 0.832. The van der Waals surface area contributed by atoms with Gasteiger partial charge >= 0.3 is 0 Å². The van der Waals surface area contributed by atoms with Gasteiger partial charge in [0.05, 0.1) is 23.0 Å². The maximum Gasteiger partial charge on any atom is 0.156 e. The normalized spacial score (nSPS) is 13.1. The number of alkyl halides is 1. The van der Waals surface area contributed by atoms with Gasteiger partial charge in [-0.2, -0.15) is 0 Å². The molecule has 82 valence electrons. The van der Waals surface area contributed by atoms with Gasteiger partial charge in [-0.05, 0) is 17.5 Å². The third kappa shape index (κ3) is 2.09. The molecule has 2 aromatic rings. The Balaban J connectivity index is 2.40. The number of nitrogens with zero attached hydrogens (tertiary/aromatic N) is 2. The van der Waals surface area contributed by atoms with Gasteiger partial charge in [-0.3, -0.25) is 9.97 Å². The van der Waals surface area contributed by atoms with Crippen LogP contribution in [0.4, 0.5) is 4.39 Å². The predicted octanol–water partition coefficient (Wildman–Crippen LogP) is 3.29. The SMILES string of the molecule is O/C=C\C(F)c1sccc1-c1cnccn1. The summed E-state index contributed by atoms with van der Waals surface area (Å²) in [5, 5.41) is 10.3. The molecule has 1 unspecified atom stereocenters. The van der Waals surface area contributed by atoms with Crippen molar-refractivity contribution in [3.8, 4) is 11.3 Å². The number of halogens is 1. The lowest BCUT2D eigenvalue weighted by atomic mass is 10.1. The summed E-state index contributed by atoms with van der Waals surface area (Å²) in [7, 11) is 0. The molecule has 2 heterocycles. The molecule has 0 fully saturated rings. The van der Waals surface area contributed by atoms with Crippen molar-refractivity contribution in [2.75, 3.05) is 0 Å². The van der Waals surface area contributed by atoms with E-state index in [1.807, 2.05) is 0 Å². The van der Waals surface area contributed by atoms with Crippen molar-refractivity contribution in [2.24, 2.45) is 0 Å². The zero-order chi connectivity index (χ0) is 11.4. The molecular weight excluding hydrogens is 227 g/mol. The van der Waals surface area contributed by atoms with Crippen LogP contribution in [0.2, 0.25) is 0 Å². The highest BCUT2D eigenvalue weighted by atomic mass is 32.1. The van der Waals surface area contributed by atoms with Crippen molar-refractivity contribution < 1.29 is 9.50 Å². The number of hydrogen-bond acceptors (Lipinski definition) is 4. The molecule has 0 aliphatic carbocycles. The van der Waals surface area contributed by atoms with Gasteiger partial charge in [0.25, 0.3) is 0 Å². The summed E-state index contributed by atoms with van der Waals surface area (Å²) >= 11 is 1.29. The van der Waals surface area contributed by atoms with Gasteiger partial charge in [0.2, 0.25) is 0 Å². The summed E-state index contributed by atoms with van der Waals surface area (Å²) in [6.45, 7) is 0. The average molecular weight is 236 g/mol. The van der Waals surface area contributed by atoms with Crippen LogP contribution in [-0.2, 0) is 0 Å². The molecular formula is C11H9FN2OS. The van der Waals surface area contributed by atoms with E-state index in [2.05, 4.69) is 9.97 Å². The van der Waals surface area contributed by atoms with E-state index in [1.54, 1.807) is 30.0 Å². The van der Waals surface area contributed by atoms with E-state index in [4.69, 9.17) is 5.11 Å². The standard InChI is InChI=1S/C11H9FN2OS/c12-9(1-5-15)11-8(2-6-16-11)10-7-13-3-4-14-10/h1-7,9,15H/b5-1-. The minimum atomic E-state index is -1.32. The van der Waals surface area contributed by atoms with Crippen molar-refractivity contribution >= 4 is 11.3 Å². The number of thiophene rings is 1. The second kappa shape index (κ2) is 4.85. The molecule has 0 saturated carbocycles. The van der Waals surface area contributed by atoms with Crippen LogP contribution in [0.3, 0.4) is 0 Å². The van der Waals surface area contributed by atoms with E-state index < -0.39 is 6.17 Å². The van der Waals surface area contributed by atoms with Gasteiger partial charge in [-0.25, -0.2) is 4.39 Å². The monoisotopic (exact) mass is 236 g/mol. The Morgan fingerprint density at radius 3 is 3.00 bits per heavy atom. The second-order valence-electron chi connectivity index (χ2n) is 3.03. The molecule has 0 bridgehead atoms. The Hall–Kier alpha value is -1.75. The summed E-state index contributed by atoms with van der Waals surface area (Å²) < 4.78 is 13.6. The van der Waals surface area contributed by atoms with Crippen molar-refractivity contribution in [1.29, 1.82) is 0 Å². The van der Waals surface area contributed by atoms with Gasteiger partial charge < -0.3 is 5.11 Å². The van der Waals surface area contributed by atoms with Crippen molar-refractivity contribution in [3.63, 3.8) is 0 Å². The molecule has 16 heavy (non-hydrogen) atoms. The van der Waals surface area contributed by atoms with Gasteiger partial charge in [-0.1, -0.05) is 0 Å². The first kappa shape index (κ1) is 10.8. The number of aromatic nitrogens is 2. The molecule has 0 amide bonds. The molecule has 0 aliphatic heterocycles. The maximum absolute atomic E-state index is 13.6. The van der Waals surface area contributed by atoms with Crippen LogP contribution in [0.5, 0.6) is 0 Å². The number of aliphatic hydroxyl groups excluding tert-OH is 1. The molecule has 1 N–H and O–H groups in total. The lowest BCUT2D eigenvalue weighted by molar-refractivity contribution is 0.401. The van der Waals surface area contributed by atoms with Crippen LogP contribution >= 0.6 is 11.3 Å². The second-order valence-corrected chi connectivity index (χ2v) is 3.98. The first-order valence-corrected chi connectivity index (χ1v) is 5.49. The minimum absolute atomic E-state index is 0.519. The fraction of sp³-hybridized carbons (Fsp3) is 0.0909. The van der Waals surface area contributed by atoms with Crippen LogP contribution in [0.15, 0.2) is 42.4 Å². The summed E-state index contributed by atoms with van der Waals surface area (Å²) in [5.74, 6) is 0. The molecule has 2 rings (SSSR count). The highest BCUT2D eigenvalue weighted by Gasteiger charge is 2.15. The number of hydrogen-bond donors (Lipinski definition) is 1. The molecule has 0 aliphatic rings. The number of rotatable bonds is 3. The Morgan fingerprint density at radius 1 is 1.44 bits per heavy atom. The van der Waals surface area contributed by atoms with E-state index in [0.29, 0.717) is 22.4 Å². The lowest BCUT2D eigenvalue weighted by Crippen LogP contribution is -1.89. The molecule has 0 aromatic carbocycles. The summed E-state index contributed by atoms with van der Waals surface area (Å²) in [4.78, 5) is 8.57. The number of allylic oxidation sites excluding steroid dienone is 1. The van der Waals surface area contributed by atoms with Crippen LogP contribution in [0.25, 0.3) is 11.3 Å². The lowest BCUT2D eigenvalue weighted by Gasteiger charge is -2.03. The highest BCUT2D eigenvalue weighted by Crippen LogP contribution is 2.34. The van der Waals surface area contributed by atoms with Gasteiger partial charge in [0, 0.05) is 18.0 Å². The topological polar surface area (TPSA) is 46.0 Å². The Morgan fingerprint density at radius 2 is 2.31 bits per heavy atom. The minimum Gasteiger partial charge on any atom is -0.516 e. The van der Waals surface area contributed by atoms with Gasteiger partial charge in [0.1, 0.15) is 0 Å². The molecule has 3 nitrogen and oxygen atoms in total. The molecule has 5 heteroatoms. The maximum atomic E-state index is 13.6. The zero-order valence-electron chi connectivity index (χ0n) is 8.25. The van der Waals surface area contributed by atoms with Crippen LogP contribution < -0.4 is 0 Å². The van der Waals surface area contributed by atoms with Crippen LogP contribution in [0, 0.1) is 0 Å². The molecule has 0 spiro atoms. The van der Waals surface area contributed by atoms with E-state index in [1.165, 1.54) is 11.3 Å². The molecule has 2 aromatic heterocycles. The third-order valence-electron chi connectivity index (χ3n) is 2.04. The van der Waals surface area contributed by atoms with E-state index in [-0.39, 0.29) is 0 Å². The van der Waals surface area contributed by atoms with Crippen LogP contribution in [0.1, 0.15) is 11.0 Å².